The zero-order valence-corrected chi connectivity index (χ0v) is 8.70. The maximum absolute atomic E-state index is 8.58. The van der Waals surface area contributed by atoms with Crippen LogP contribution in [0.5, 0.6) is 0 Å². The van der Waals surface area contributed by atoms with E-state index in [9.17, 15) is 0 Å². The molecular formula is C10H17N3O. The van der Waals surface area contributed by atoms with E-state index in [2.05, 4.69) is 29.1 Å². The van der Waals surface area contributed by atoms with Crippen LogP contribution in [0.15, 0.2) is 12.4 Å². The molecule has 0 aromatic carbocycles. The lowest BCUT2D eigenvalue weighted by Gasteiger charge is -2.06. The van der Waals surface area contributed by atoms with E-state index in [0.29, 0.717) is 18.4 Å². The molecule has 0 bridgehead atoms. The average molecular weight is 195 g/mol. The van der Waals surface area contributed by atoms with Gasteiger partial charge in [0.25, 0.3) is 0 Å². The van der Waals surface area contributed by atoms with Crippen molar-refractivity contribution < 1.29 is 5.11 Å². The number of aliphatic hydroxyl groups excluding tert-OH is 1. The van der Waals surface area contributed by atoms with Crippen LogP contribution in [-0.2, 0) is 0 Å². The van der Waals surface area contributed by atoms with Crippen LogP contribution in [0.1, 0.15) is 31.7 Å². The van der Waals surface area contributed by atoms with Gasteiger partial charge in [0.05, 0.1) is 0 Å². The Bertz CT molecular complexity index is 259. The number of aromatic nitrogens is 2. The number of rotatable bonds is 5. The molecule has 0 fully saturated rings. The number of nitrogens with zero attached hydrogens (tertiary/aromatic N) is 2. The van der Waals surface area contributed by atoms with Crippen molar-refractivity contribution in [1.82, 2.24) is 9.97 Å². The molecule has 0 radical (unpaired) electrons. The van der Waals surface area contributed by atoms with Crippen molar-refractivity contribution in [3.63, 3.8) is 0 Å². The molecule has 0 amide bonds. The average Bonchev–Trinajstić information content (AvgIpc) is 2.19. The summed E-state index contributed by atoms with van der Waals surface area (Å²) in [5, 5.41) is 11.6. The second kappa shape index (κ2) is 5.54. The molecule has 1 aromatic rings. The SMILES string of the molecule is CC(C)c1cnc(NCCCO)nc1. The Hall–Kier alpha value is -1.16. The highest BCUT2D eigenvalue weighted by Crippen LogP contribution is 2.11. The lowest BCUT2D eigenvalue weighted by molar-refractivity contribution is 0.292. The monoisotopic (exact) mass is 195 g/mol. The molecule has 0 aliphatic heterocycles. The molecule has 0 spiro atoms. The first-order chi connectivity index (χ1) is 6.74. The Balaban J connectivity index is 2.47. The first kappa shape index (κ1) is 10.9. The summed E-state index contributed by atoms with van der Waals surface area (Å²) in [6, 6.07) is 0. The van der Waals surface area contributed by atoms with Crippen LogP contribution >= 0.6 is 0 Å². The molecule has 78 valence electrons. The molecule has 4 heteroatoms. The Morgan fingerprint density at radius 2 is 2.00 bits per heavy atom. The van der Waals surface area contributed by atoms with Gasteiger partial charge in [0.1, 0.15) is 0 Å². The summed E-state index contributed by atoms with van der Waals surface area (Å²) in [7, 11) is 0. The summed E-state index contributed by atoms with van der Waals surface area (Å²) in [4.78, 5) is 8.34. The normalized spacial score (nSPS) is 10.6. The zero-order chi connectivity index (χ0) is 10.4. The molecule has 0 saturated heterocycles. The lowest BCUT2D eigenvalue weighted by atomic mass is 10.1. The molecule has 4 nitrogen and oxygen atoms in total. The zero-order valence-electron chi connectivity index (χ0n) is 8.70. The Labute approximate surface area is 84.4 Å². The van der Waals surface area contributed by atoms with E-state index in [1.54, 1.807) is 0 Å². The maximum atomic E-state index is 8.58. The van der Waals surface area contributed by atoms with E-state index in [1.165, 1.54) is 0 Å². The summed E-state index contributed by atoms with van der Waals surface area (Å²) in [6.45, 7) is 5.11. The van der Waals surface area contributed by atoms with Gasteiger partial charge in [0.2, 0.25) is 5.95 Å². The van der Waals surface area contributed by atoms with Gasteiger partial charge in [0.15, 0.2) is 0 Å². The topological polar surface area (TPSA) is 58.0 Å². The van der Waals surface area contributed by atoms with Crippen molar-refractivity contribution in [2.75, 3.05) is 18.5 Å². The summed E-state index contributed by atoms with van der Waals surface area (Å²) < 4.78 is 0. The molecular weight excluding hydrogens is 178 g/mol. The fourth-order valence-electron chi connectivity index (χ4n) is 1.01. The quantitative estimate of drug-likeness (QED) is 0.697. The van der Waals surface area contributed by atoms with E-state index >= 15 is 0 Å². The standard InChI is InChI=1S/C10H17N3O/c1-8(2)9-6-12-10(13-7-9)11-4-3-5-14/h6-8,14H,3-5H2,1-2H3,(H,11,12,13). The maximum Gasteiger partial charge on any atom is 0.222 e. The third-order valence-corrected chi connectivity index (χ3v) is 1.96. The summed E-state index contributed by atoms with van der Waals surface area (Å²) in [5.41, 5.74) is 1.14. The Kier molecular flexibility index (Phi) is 4.32. The molecule has 1 rings (SSSR count). The van der Waals surface area contributed by atoms with Crippen LogP contribution in [-0.4, -0.2) is 28.2 Å². The first-order valence-corrected chi connectivity index (χ1v) is 4.90. The van der Waals surface area contributed by atoms with Gasteiger partial charge in [0, 0.05) is 25.5 Å². The second-order valence-corrected chi connectivity index (χ2v) is 3.50. The lowest BCUT2D eigenvalue weighted by Crippen LogP contribution is -2.07. The van der Waals surface area contributed by atoms with Gasteiger partial charge in [-0.05, 0) is 17.9 Å². The summed E-state index contributed by atoms with van der Waals surface area (Å²) in [5.74, 6) is 1.09. The first-order valence-electron chi connectivity index (χ1n) is 4.90. The van der Waals surface area contributed by atoms with Crippen LogP contribution in [0.25, 0.3) is 0 Å². The number of anilines is 1. The predicted octanol–water partition coefficient (Wildman–Crippen LogP) is 1.39. The van der Waals surface area contributed by atoms with Gasteiger partial charge in [-0.15, -0.1) is 0 Å². The van der Waals surface area contributed by atoms with Crippen molar-refractivity contribution in [3.8, 4) is 0 Å². The van der Waals surface area contributed by atoms with E-state index in [-0.39, 0.29) is 6.61 Å². The summed E-state index contributed by atoms with van der Waals surface area (Å²) >= 11 is 0. The van der Waals surface area contributed by atoms with Gasteiger partial charge < -0.3 is 10.4 Å². The van der Waals surface area contributed by atoms with Gasteiger partial charge in [-0.3, -0.25) is 0 Å². The molecule has 2 N–H and O–H groups in total. The van der Waals surface area contributed by atoms with Crippen LogP contribution in [0.2, 0.25) is 0 Å². The van der Waals surface area contributed by atoms with E-state index in [4.69, 9.17) is 5.11 Å². The molecule has 0 unspecified atom stereocenters. The second-order valence-electron chi connectivity index (χ2n) is 3.50. The highest BCUT2D eigenvalue weighted by atomic mass is 16.3. The van der Waals surface area contributed by atoms with Gasteiger partial charge in [-0.25, -0.2) is 9.97 Å². The van der Waals surface area contributed by atoms with Gasteiger partial charge >= 0.3 is 0 Å². The number of nitrogens with one attached hydrogen (secondary N) is 1. The van der Waals surface area contributed by atoms with Crippen molar-refractivity contribution >= 4 is 5.95 Å². The minimum atomic E-state index is 0.192. The summed E-state index contributed by atoms with van der Waals surface area (Å²) in [6.07, 6.45) is 4.38. The molecule has 0 atom stereocenters. The number of aliphatic hydroxyl groups is 1. The molecule has 0 aliphatic rings. The highest BCUT2D eigenvalue weighted by Gasteiger charge is 2.00. The van der Waals surface area contributed by atoms with E-state index in [0.717, 1.165) is 12.0 Å². The van der Waals surface area contributed by atoms with Gasteiger partial charge in [-0.2, -0.15) is 0 Å². The fraction of sp³-hybridized carbons (Fsp3) is 0.600. The van der Waals surface area contributed by atoms with E-state index < -0.39 is 0 Å². The molecule has 0 saturated carbocycles. The Morgan fingerprint density at radius 1 is 1.36 bits per heavy atom. The fourth-order valence-corrected chi connectivity index (χ4v) is 1.01. The van der Waals surface area contributed by atoms with Crippen molar-refractivity contribution in [1.29, 1.82) is 0 Å². The third-order valence-electron chi connectivity index (χ3n) is 1.96. The molecule has 0 aliphatic carbocycles. The van der Waals surface area contributed by atoms with E-state index in [1.807, 2.05) is 12.4 Å². The molecule has 1 heterocycles. The van der Waals surface area contributed by atoms with Gasteiger partial charge in [-0.1, -0.05) is 13.8 Å². The van der Waals surface area contributed by atoms with Crippen LogP contribution in [0.4, 0.5) is 5.95 Å². The predicted molar refractivity (Wildman–Crippen MR) is 56.3 cm³/mol. The minimum Gasteiger partial charge on any atom is -0.396 e. The van der Waals surface area contributed by atoms with Crippen LogP contribution < -0.4 is 5.32 Å². The molecule has 1 aromatic heterocycles. The smallest absolute Gasteiger partial charge is 0.222 e. The Morgan fingerprint density at radius 3 is 2.50 bits per heavy atom. The largest absolute Gasteiger partial charge is 0.396 e. The number of hydrogen-bond acceptors (Lipinski definition) is 4. The minimum absolute atomic E-state index is 0.192. The highest BCUT2D eigenvalue weighted by molar-refractivity contribution is 5.25. The van der Waals surface area contributed by atoms with Crippen molar-refractivity contribution in [3.05, 3.63) is 18.0 Å². The van der Waals surface area contributed by atoms with Crippen LogP contribution in [0.3, 0.4) is 0 Å². The van der Waals surface area contributed by atoms with Crippen molar-refractivity contribution in [2.24, 2.45) is 0 Å². The number of hydrogen-bond donors (Lipinski definition) is 2. The van der Waals surface area contributed by atoms with Crippen molar-refractivity contribution in [2.45, 2.75) is 26.2 Å². The third kappa shape index (κ3) is 3.30. The molecule has 14 heavy (non-hydrogen) atoms. The van der Waals surface area contributed by atoms with Crippen LogP contribution in [0, 0.1) is 0 Å².